The van der Waals surface area contributed by atoms with Crippen molar-refractivity contribution in [3.05, 3.63) is 70.5 Å². The zero-order chi connectivity index (χ0) is 22.8. The average molecular weight is 449 g/mol. The van der Waals surface area contributed by atoms with E-state index in [0.717, 1.165) is 50.7 Å². The highest BCUT2D eigenvalue weighted by Crippen LogP contribution is 2.45. The third kappa shape index (κ3) is 3.74. The number of aromatic amines is 1. The molecule has 1 amide bonds. The lowest BCUT2D eigenvalue weighted by Crippen LogP contribution is -2.20. The minimum atomic E-state index is -0.250. The Hall–Kier alpha value is -3.29. The van der Waals surface area contributed by atoms with Crippen molar-refractivity contribution in [1.82, 2.24) is 4.98 Å². The van der Waals surface area contributed by atoms with Crippen molar-refractivity contribution in [2.24, 2.45) is 0 Å². The van der Waals surface area contributed by atoms with Gasteiger partial charge in [0.15, 0.2) is 0 Å². The number of carboxylic acid groups (broad SMARTS) is 1. The third-order valence-electron chi connectivity index (χ3n) is 5.88. The predicted octanol–water partition coefficient (Wildman–Crippen LogP) is 5.10. The molecule has 2 N–H and O–H groups in total. The number of aromatic nitrogens is 1. The normalized spacial score (nSPS) is 15.8. The van der Waals surface area contributed by atoms with Gasteiger partial charge in [-0.1, -0.05) is 30.3 Å². The lowest BCUT2D eigenvalue weighted by atomic mass is 9.95. The van der Waals surface area contributed by atoms with E-state index in [1.807, 2.05) is 37.4 Å². The van der Waals surface area contributed by atoms with Crippen LogP contribution in [0.15, 0.2) is 47.4 Å². The third-order valence-corrected chi connectivity index (χ3v) is 6.72. The van der Waals surface area contributed by atoms with Gasteiger partial charge in [-0.15, -0.1) is 0 Å². The smallest absolute Gasteiger partial charge is 0.290 e. The van der Waals surface area contributed by atoms with Gasteiger partial charge in [0.2, 0.25) is 0 Å². The molecule has 32 heavy (non-hydrogen) atoms. The van der Waals surface area contributed by atoms with Crippen LogP contribution in [-0.2, 0) is 20.2 Å². The van der Waals surface area contributed by atoms with E-state index in [0.29, 0.717) is 6.61 Å². The Balaban J connectivity index is 0.000000775. The Labute approximate surface area is 191 Å². The Bertz CT molecular complexity index is 1210. The summed E-state index contributed by atoms with van der Waals surface area (Å²) in [6, 6.07) is 14.4. The van der Waals surface area contributed by atoms with E-state index in [1.54, 1.807) is 4.90 Å². The highest BCUT2D eigenvalue weighted by molar-refractivity contribution is 7.94. The van der Waals surface area contributed by atoms with Gasteiger partial charge in [0, 0.05) is 46.5 Å². The summed E-state index contributed by atoms with van der Waals surface area (Å²) in [5.41, 5.74) is 9.60. The van der Waals surface area contributed by atoms with Crippen molar-refractivity contribution in [2.45, 2.75) is 25.2 Å². The van der Waals surface area contributed by atoms with E-state index in [-0.39, 0.29) is 12.4 Å². The Morgan fingerprint density at radius 2 is 1.84 bits per heavy atom. The lowest BCUT2D eigenvalue weighted by molar-refractivity contribution is -0.122. The van der Waals surface area contributed by atoms with Crippen LogP contribution < -0.4 is 4.90 Å². The number of carbonyl (C=O) groups excluding carboxylic acids is 1. The molecule has 0 bridgehead atoms. The van der Waals surface area contributed by atoms with Crippen molar-refractivity contribution >= 4 is 41.8 Å². The summed E-state index contributed by atoms with van der Waals surface area (Å²) in [7, 11) is 1.85. The molecule has 2 aromatic carbocycles. The summed E-state index contributed by atoms with van der Waals surface area (Å²) >= 11 is 1.41. The molecule has 1 aromatic heterocycles. The highest BCUT2D eigenvalue weighted by Gasteiger charge is 2.34. The molecule has 7 heteroatoms. The number of hydrogen-bond acceptors (Lipinski definition) is 4. The number of hydrogen-bond donors (Lipinski definition) is 2. The van der Waals surface area contributed by atoms with Crippen molar-refractivity contribution in [1.29, 1.82) is 0 Å². The molecule has 0 atom stereocenters. The molecule has 0 aliphatic carbocycles. The molecule has 0 fully saturated rings. The maximum absolute atomic E-state index is 13.2. The largest absolute Gasteiger partial charge is 0.483 e. The van der Waals surface area contributed by atoms with Gasteiger partial charge in [-0.2, -0.15) is 0 Å². The van der Waals surface area contributed by atoms with E-state index in [4.69, 9.17) is 14.1 Å². The zero-order valence-electron chi connectivity index (χ0n) is 18.1. The van der Waals surface area contributed by atoms with Crippen LogP contribution >= 0.6 is 12.0 Å². The van der Waals surface area contributed by atoms with Gasteiger partial charge < -0.3 is 19.2 Å². The maximum atomic E-state index is 13.2. The van der Waals surface area contributed by atoms with Crippen LogP contribution in [0.2, 0.25) is 0 Å². The molecule has 0 saturated heterocycles. The molecular formula is C25H24N2O4S. The number of benzene rings is 2. The minimum absolute atomic E-state index is 0.0359. The number of anilines is 1. The molecule has 6 nitrogen and oxygen atoms in total. The molecule has 0 spiro atoms. The topological polar surface area (TPSA) is 82.6 Å². The highest BCUT2D eigenvalue weighted by atomic mass is 32.2. The van der Waals surface area contributed by atoms with Crippen LogP contribution in [0.3, 0.4) is 0 Å². The fraction of sp³-hybridized carbons (Fsp3) is 0.200. The molecule has 0 unspecified atom stereocenters. The number of likely N-dealkylation sites (N-methyl/N-ethyl adjacent to an activating group) is 1. The zero-order valence-corrected chi connectivity index (χ0v) is 19.0. The molecule has 3 heterocycles. The number of aryl methyl sites for hydroxylation is 1. The molecule has 2 aliphatic heterocycles. The quantitative estimate of drug-likeness (QED) is 0.324. The summed E-state index contributed by atoms with van der Waals surface area (Å²) in [4.78, 5) is 27.9. The summed E-state index contributed by atoms with van der Waals surface area (Å²) in [5.74, 6) is 0.0359. The van der Waals surface area contributed by atoms with Crippen LogP contribution in [0.5, 0.6) is 0 Å². The van der Waals surface area contributed by atoms with Gasteiger partial charge in [-0.25, -0.2) is 0 Å². The van der Waals surface area contributed by atoms with Crippen molar-refractivity contribution < 1.29 is 18.9 Å². The Morgan fingerprint density at radius 3 is 2.56 bits per heavy atom. The van der Waals surface area contributed by atoms with Gasteiger partial charge >= 0.3 is 0 Å². The fourth-order valence-corrected chi connectivity index (χ4v) is 5.00. The first-order valence-electron chi connectivity index (χ1n) is 10.3. The standard InChI is InChI=1S/C24H22N2O2S.CH2O2/c1-14-15(2)25-19(22(14)16-7-5-4-6-8-16)13-18-23-17-11-12-28-29-21(17)10-9-20(23)26(3)24(18)27;2-1-3/h4-10,13,25H,11-12H2,1-3H3;1H,(H,2,3)/b18-13-;. The Kier molecular flexibility index (Phi) is 6.21. The number of H-pyrrole nitrogens is 1. The molecule has 2 aliphatic rings. The summed E-state index contributed by atoms with van der Waals surface area (Å²) in [5, 5.41) is 6.89. The predicted molar refractivity (Wildman–Crippen MR) is 128 cm³/mol. The second-order valence-corrected chi connectivity index (χ2v) is 8.49. The first kappa shape index (κ1) is 21.9. The van der Waals surface area contributed by atoms with Crippen LogP contribution in [0.4, 0.5) is 5.69 Å². The van der Waals surface area contributed by atoms with Gasteiger partial charge in [0.05, 0.1) is 17.9 Å². The molecule has 0 radical (unpaired) electrons. The van der Waals surface area contributed by atoms with E-state index < -0.39 is 0 Å². The summed E-state index contributed by atoms with van der Waals surface area (Å²) < 4.78 is 5.55. The number of nitrogens with one attached hydrogen (secondary N) is 1. The maximum Gasteiger partial charge on any atom is 0.290 e. The van der Waals surface area contributed by atoms with Crippen LogP contribution in [0, 0.1) is 13.8 Å². The van der Waals surface area contributed by atoms with Crippen molar-refractivity contribution in [2.75, 3.05) is 18.6 Å². The van der Waals surface area contributed by atoms with Gasteiger partial charge in [0.1, 0.15) is 0 Å². The van der Waals surface area contributed by atoms with E-state index >= 15 is 0 Å². The van der Waals surface area contributed by atoms with E-state index in [9.17, 15) is 4.79 Å². The fourth-order valence-electron chi connectivity index (χ4n) is 4.28. The number of carbonyl (C=O) groups is 2. The van der Waals surface area contributed by atoms with Crippen molar-refractivity contribution in [3.63, 3.8) is 0 Å². The number of fused-ring (bicyclic) bond motifs is 3. The first-order valence-corrected chi connectivity index (χ1v) is 11.0. The van der Waals surface area contributed by atoms with Gasteiger partial charge in [-0.3, -0.25) is 9.59 Å². The average Bonchev–Trinajstić information content (AvgIpc) is 3.22. The van der Waals surface area contributed by atoms with E-state index in [2.05, 4.69) is 37.0 Å². The van der Waals surface area contributed by atoms with Crippen LogP contribution in [0.25, 0.3) is 22.8 Å². The summed E-state index contributed by atoms with van der Waals surface area (Å²) in [6.45, 7) is 4.62. The second kappa shape index (κ2) is 9.06. The molecular weight excluding hydrogens is 424 g/mol. The summed E-state index contributed by atoms with van der Waals surface area (Å²) in [6.07, 6.45) is 2.85. The van der Waals surface area contributed by atoms with Crippen LogP contribution in [-0.4, -0.2) is 36.1 Å². The monoisotopic (exact) mass is 448 g/mol. The molecule has 3 aromatic rings. The number of nitrogens with zero attached hydrogens (tertiary/aromatic N) is 1. The van der Waals surface area contributed by atoms with Gasteiger partial charge in [0.25, 0.3) is 12.4 Å². The number of amides is 1. The molecule has 164 valence electrons. The number of rotatable bonds is 2. The molecule has 0 saturated carbocycles. The Morgan fingerprint density at radius 1 is 1.12 bits per heavy atom. The molecule has 5 rings (SSSR count). The van der Waals surface area contributed by atoms with E-state index in [1.165, 1.54) is 23.2 Å². The first-order chi connectivity index (χ1) is 15.5. The second-order valence-electron chi connectivity index (χ2n) is 7.65. The SMILES string of the molecule is Cc1[nH]c(/C=C2\C(=O)N(C)c3ccc4c(c32)CCOS4)c(-c2ccccc2)c1C.O=CO. The van der Waals surface area contributed by atoms with Gasteiger partial charge in [-0.05, 0) is 55.2 Å². The lowest BCUT2D eigenvalue weighted by Gasteiger charge is -2.18. The minimum Gasteiger partial charge on any atom is -0.483 e. The van der Waals surface area contributed by atoms with Crippen LogP contribution in [0.1, 0.15) is 28.1 Å². The van der Waals surface area contributed by atoms with Crippen molar-refractivity contribution in [3.8, 4) is 11.1 Å².